The zero-order valence-corrected chi connectivity index (χ0v) is 5.74. The van der Waals surface area contributed by atoms with Gasteiger partial charge < -0.3 is 9.30 Å². The minimum absolute atomic E-state index is 0.440. The zero-order valence-electron chi connectivity index (χ0n) is 5.74. The van der Waals surface area contributed by atoms with Crippen LogP contribution >= 0.6 is 0 Å². The fraction of sp³-hybridized carbons (Fsp3) is 0.286. The van der Waals surface area contributed by atoms with Gasteiger partial charge in [0.1, 0.15) is 18.5 Å². The van der Waals surface area contributed by atoms with Crippen molar-refractivity contribution in [3.8, 4) is 6.07 Å². The maximum atomic E-state index is 8.51. The molecule has 0 aliphatic heterocycles. The van der Waals surface area contributed by atoms with Crippen molar-refractivity contribution in [2.24, 2.45) is 0 Å². The molecule has 0 spiro atoms. The molecular weight excluding hydrogens is 128 g/mol. The first-order valence-corrected chi connectivity index (χ1v) is 2.92. The van der Waals surface area contributed by atoms with E-state index in [1.807, 2.05) is 18.3 Å². The maximum Gasteiger partial charge on any atom is 0.123 e. The van der Waals surface area contributed by atoms with E-state index < -0.39 is 0 Å². The third kappa shape index (κ3) is 1.17. The standard InChI is InChI=1S/C7H8N2O/c1-10-6-9-4-2-3-7(9)5-8/h2-4H,6H2,1H3. The molecule has 1 heterocycles. The third-order valence-corrected chi connectivity index (χ3v) is 1.21. The van der Waals surface area contributed by atoms with Crippen LogP contribution in [0.2, 0.25) is 0 Å². The summed E-state index contributed by atoms with van der Waals surface area (Å²) in [5.74, 6) is 0. The summed E-state index contributed by atoms with van der Waals surface area (Å²) in [6, 6.07) is 5.61. The van der Waals surface area contributed by atoms with Crippen LogP contribution in [0, 0.1) is 11.3 Å². The number of aromatic nitrogens is 1. The summed E-state index contributed by atoms with van der Waals surface area (Å²) in [7, 11) is 1.60. The second kappa shape index (κ2) is 3.04. The van der Waals surface area contributed by atoms with Gasteiger partial charge in [-0.3, -0.25) is 0 Å². The Morgan fingerprint density at radius 1 is 1.80 bits per heavy atom. The Labute approximate surface area is 59.5 Å². The first-order chi connectivity index (χ1) is 4.88. The Morgan fingerprint density at radius 3 is 3.20 bits per heavy atom. The molecule has 0 fully saturated rings. The highest BCUT2D eigenvalue weighted by Gasteiger charge is 1.95. The molecule has 0 aromatic carbocycles. The number of rotatable bonds is 2. The number of nitriles is 1. The topological polar surface area (TPSA) is 38.0 Å². The quantitative estimate of drug-likeness (QED) is 0.607. The lowest BCUT2D eigenvalue weighted by atomic mass is 10.5. The lowest BCUT2D eigenvalue weighted by Gasteiger charge is -1.99. The SMILES string of the molecule is COCn1cccc1C#N. The highest BCUT2D eigenvalue weighted by Crippen LogP contribution is 1.98. The zero-order chi connectivity index (χ0) is 7.40. The fourth-order valence-corrected chi connectivity index (χ4v) is 0.767. The molecule has 0 unspecified atom stereocenters. The molecule has 0 aliphatic carbocycles. The van der Waals surface area contributed by atoms with E-state index in [9.17, 15) is 0 Å². The first kappa shape index (κ1) is 6.84. The van der Waals surface area contributed by atoms with Gasteiger partial charge in [0.05, 0.1) is 0 Å². The van der Waals surface area contributed by atoms with Gasteiger partial charge in [0.15, 0.2) is 0 Å². The monoisotopic (exact) mass is 136 g/mol. The van der Waals surface area contributed by atoms with E-state index in [0.717, 1.165) is 0 Å². The largest absolute Gasteiger partial charge is 0.364 e. The molecule has 10 heavy (non-hydrogen) atoms. The molecule has 3 heteroatoms. The summed E-state index contributed by atoms with van der Waals surface area (Å²) < 4.78 is 6.58. The second-order valence-electron chi connectivity index (χ2n) is 1.89. The highest BCUT2D eigenvalue weighted by atomic mass is 16.5. The molecule has 1 aromatic rings. The Morgan fingerprint density at radius 2 is 2.60 bits per heavy atom. The van der Waals surface area contributed by atoms with Gasteiger partial charge in [0.2, 0.25) is 0 Å². The van der Waals surface area contributed by atoms with E-state index in [-0.39, 0.29) is 0 Å². The Balaban J connectivity index is 2.82. The molecule has 0 aliphatic rings. The molecule has 52 valence electrons. The van der Waals surface area contributed by atoms with Crippen LogP contribution < -0.4 is 0 Å². The van der Waals surface area contributed by atoms with Gasteiger partial charge in [-0.1, -0.05) is 0 Å². The molecule has 3 nitrogen and oxygen atoms in total. The second-order valence-corrected chi connectivity index (χ2v) is 1.89. The van der Waals surface area contributed by atoms with E-state index in [4.69, 9.17) is 10.00 Å². The van der Waals surface area contributed by atoms with Gasteiger partial charge in [-0.25, -0.2) is 0 Å². The number of hydrogen-bond donors (Lipinski definition) is 0. The van der Waals surface area contributed by atoms with E-state index in [1.165, 1.54) is 0 Å². The third-order valence-electron chi connectivity index (χ3n) is 1.21. The van der Waals surface area contributed by atoms with Crippen molar-refractivity contribution >= 4 is 0 Å². The van der Waals surface area contributed by atoms with Crippen LogP contribution in [-0.4, -0.2) is 11.7 Å². The maximum absolute atomic E-state index is 8.51. The van der Waals surface area contributed by atoms with Crippen LogP contribution in [0.15, 0.2) is 18.3 Å². The highest BCUT2D eigenvalue weighted by molar-refractivity contribution is 5.21. The van der Waals surface area contributed by atoms with Crippen molar-refractivity contribution in [3.05, 3.63) is 24.0 Å². The first-order valence-electron chi connectivity index (χ1n) is 2.92. The summed E-state index contributed by atoms with van der Waals surface area (Å²) in [5.41, 5.74) is 0.627. The molecule has 1 rings (SSSR count). The number of ether oxygens (including phenoxy) is 1. The normalized spacial score (nSPS) is 9.20. The van der Waals surface area contributed by atoms with Crippen LogP contribution in [0.1, 0.15) is 5.69 Å². The lowest BCUT2D eigenvalue weighted by molar-refractivity contribution is 0.131. The summed E-state index contributed by atoms with van der Waals surface area (Å²) >= 11 is 0. The van der Waals surface area contributed by atoms with Crippen molar-refractivity contribution in [3.63, 3.8) is 0 Å². The van der Waals surface area contributed by atoms with Crippen molar-refractivity contribution in [2.75, 3.05) is 7.11 Å². The predicted octanol–water partition coefficient (Wildman–Crippen LogP) is 0.964. The molecule has 1 aromatic heterocycles. The van der Waals surface area contributed by atoms with E-state index >= 15 is 0 Å². The number of nitrogens with zero attached hydrogens (tertiary/aromatic N) is 2. The van der Waals surface area contributed by atoms with E-state index in [0.29, 0.717) is 12.4 Å². The molecule has 0 amide bonds. The van der Waals surface area contributed by atoms with Crippen molar-refractivity contribution in [1.82, 2.24) is 4.57 Å². The van der Waals surface area contributed by atoms with Crippen molar-refractivity contribution in [2.45, 2.75) is 6.73 Å². The number of methoxy groups -OCH3 is 1. The summed E-state index contributed by atoms with van der Waals surface area (Å²) in [4.78, 5) is 0. The van der Waals surface area contributed by atoms with Crippen LogP contribution in [-0.2, 0) is 11.5 Å². The van der Waals surface area contributed by atoms with Crippen molar-refractivity contribution < 1.29 is 4.74 Å². The summed E-state index contributed by atoms with van der Waals surface area (Å²) in [6.07, 6.45) is 1.81. The predicted molar refractivity (Wildman–Crippen MR) is 36.2 cm³/mol. The van der Waals surface area contributed by atoms with Crippen LogP contribution in [0.25, 0.3) is 0 Å². The molecule has 0 bridgehead atoms. The molecular formula is C7H8N2O. The fourth-order valence-electron chi connectivity index (χ4n) is 0.767. The minimum atomic E-state index is 0.440. The summed E-state index contributed by atoms with van der Waals surface area (Å²) in [5, 5.41) is 8.51. The molecule has 0 radical (unpaired) electrons. The van der Waals surface area contributed by atoms with Gasteiger partial charge >= 0.3 is 0 Å². The van der Waals surface area contributed by atoms with E-state index in [1.54, 1.807) is 17.7 Å². The van der Waals surface area contributed by atoms with Crippen LogP contribution in [0.4, 0.5) is 0 Å². The van der Waals surface area contributed by atoms with Crippen LogP contribution in [0.5, 0.6) is 0 Å². The minimum Gasteiger partial charge on any atom is -0.364 e. The molecule has 0 saturated carbocycles. The van der Waals surface area contributed by atoms with Gasteiger partial charge in [0.25, 0.3) is 0 Å². The van der Waals surface area contributed by atoms with Gasteiger partial charge in [0, 0.05) is 13.3 Å². The molecule has 0 saturated heterocycles. The number of hydrogen-bond acceptors (Lipinski definition) is 2. The molecule has 0 atom stereocenters. The van der Waals surface area contributed by atoms with Gasteiger partial charge in [-0.05, 0) is 12.1 Å². The average Bonchev–Trinajstić information content (AvgIpc) is 2.36. The lowest BCUT2D eigenvalue weighted by Crippen LogP contribution is -1.99. The van der Waals surface area contributed by atoms with Gasteiger partial charge in [-0.2, -0.15) is 5.26 Å². The smallest absolute Gasteiger partial charge is 0.123 e. The summed E-state index contributed by atoms with van der Waals surface area (Å²) in [6.45, 7) is 0.440. The van der Waals surface area contributed by atoms with Crippen LogP contribution in [0.3, 0.4) is 0 Å². The Hall–Kier alpha value is -1.27. The average molecular weight is 136 g/mol. The molecule has 0 N–H and O–H groups in total. The Kier molecular flexibility index (Phi) is 2.08. The van der Waals surface area contributed by atoms with E-state index in [2.05, 4.69) is 0 Å². The van der Waals surface area contributed by atoms with Gasteiger partial charge in [-0.15, -0.1) is 0 Å². The Bertz CT molecular complexity index is 246. The van der Waals surface area contributed by atoms with Crippen molar-refractivity contribution in [1.29, 1.82) is 5.26 Å².